The maximum Gasteiger partial charge on any atom is 0.269 e. The van der Waals surface area contributed by atoms with Gasteiger partial charge in [-0.2, -0.15) is 0 Å². The van der Waals surface area contributed by atoms with Gasteiger partial charge in [-0.1, -0.05) is 0 Å². The standard InChI is InChI=1S/C18H17BrN2O5/c19-16-10-12(3-8-17(16)26-11-15-2-1-9-25-15)18(22)20-13-4-6-14(7-5-13)21(23)24/h3-8,10,15H,1-2,9,11H2,(H,20,22). The number of carbonyl (C=O) groups excluding carboxylic acids is 1. The lowest BCUT2D eigenvalue weighted by Crippen LogP contribution is -2.16. The predicted octanol–water partition coefficient (Wildman–Crippen LogP) is 4.17. The summed E-state index contributed by atoms with van der Waals surface area (Å²) in [5, 5.41) is 13.4. The summed E-state index contributed by atoms with van der Waals surface area (Å²) in [7, 11) is 0. The van der Waals surface area contributed by atoms with E-state index in [4.69, 9.17) is 9.47 Å². The van der Waals surface area contributed by atoms with Crippen molar-refractivity contribution in [3.05, 3.63) is 62.6 Å². The summed E-state index contributed by atoms with van der Waals surface area (Å²) < 4.78 is 11.9. The summed E-state index contributed by atoms with van der Waals surface area (Å²) in [4.78, 5) is 22.5. The van der Waals surface area contributed by atoms with Gasteiger partial charge in [-0.05, 0) is 59.1 Å². The molecule has 1 heterocycles. The molecule has 1 fully saturated rings. The third-order valence-corrected chi connectivity index (χ3v) is 4.60. The van der Waals surface area contributed by atoms with Crippen LogP contribution in [0.15, 0.2) is 46.9 Å². The molecule has 1 amide bonds. The Bertz CT molecular complexity index is 804. The Balaban J connectivity index is 1.61. The van der Waals surface area contributed by atoms with E-state index in [1.807, 2.05) is 0 Å². The zero-order valence-corrected chi connectivity index (χ0v) is 15.4. The number of nitro benzene ring substituents is 1. The number of benzene rings is 2. The molecule has 0 spiro atoms. The number of non-ortho nitro benzene ring substituents is 1. The van der Waals surface area contributed by atoms with Gasteiger partial charge in [-0.15, -0.1) is 0 Å². The van der Waals surface area contributed by atoms with Gasteiger partial charge in [0.1, 0.15) is 12.4 Å². The van der Waals surface area contributed by atoms with Crippen LogP contribution < -0.4 is 10.1 Å². The van der Waals surface area contributed by atoms with Crippen molar-refractivity contribution in [1.82, 2.24) is 0 Å². The summed E-state index contributed by atoms with van der Waals surface area (Å²) >= 11 is 3.42. The quantitative estimate of drug-likeness (QED) is 0.559. The van der Waals surface area contributed by atoms with Crippen LogP contribution in [0.3, 0.4) is 0 Å². The molecule has 0 radical (unpaired) electrons. The summed E-state index contributed by atoms with van der Waals surface area (Å²) in [6.07, 6.45) is 2.16. The Labute approximate surface area is 158 Å². The lowest BCUT2D eigenvalue weighted by atomic mass is 10.2. The van der Waals surface area contributed by atoms with E-state index in [2.05, 4.69) is 21.2 Å². The van der Waals surface area contributed by atoms with Crippen molar-refractivity contribution < 1.29 is 19.2 Å². The van der Waals surface area contributed by atoms with Gasteiger partial charge >= 0.3 is 0 Å². The number of ether oxygens (including phenoxy) is 2. The van der Waals surface area contributed by atoms with Gasteiger partial charge in [0.2, 0.25) is 0 Å². The fourth-order valence-electron chi connectivity index (χ4n) is 2.59. The lowest BCUT2D eigenvalue weighted by molar-refractivity contribution is -0.384. The van der Waals surface area contributed by atoms with Crippen LogP contribution in [0, 0.1) is 10.1 Å². The van der Waals surface area contributed by atoms with Crippen molar-refractivity contribution in [2.75, 3.05) is 18.5 Å². The molecule has 0 bridgehead atoms. The van der Waals surface area contributed by atoms with Gasteiger partial charge in [0.25, 0.3) is 11.6 Å². The molecule has 136 valence electrons. The van der Waals surface area contributed by atoms with E-state index >= 15 is 0 Å². The predicted molar refractivity (Wildman–Crippen MR) is 99.7 cm³/mol. The van der Waals surface area contributed by atoms with E-state index in [1.54, 1.807) is 18.2 Å². The van der Waals surface area contributed by atoms with E-state index < -0.39 is 4.92 Å². The molecule has 0 saturated carbocycles. The lowest BCUT2D eigenvalue weighted by Gasteiger charge is -2.13. The SMILES string of the molecule is O=C(Nc1ccc([N+](=O)[O-])cc1)c1ccc(OCC2CCCO2)c(Br)c1. The largest absolute Gasteiger partial charge is 0.490 e. The van der Waals surface area contributed by atoms with Crippen LogP contribution in [-0.2, 0) is 4.74 Å². The van der Waals surface area contributed by atoms with Crippen LogP contribution in [0.4, 0.5) is 11.4 Å². The number of halogens is 1. The number of nitro groups is 1. The number of amides is 1. The molecule has 0 aliphatic carbocycles. The van der Waals surface area contributed by atoms with Gasteiger partial charge in [0.05, 0.1) is 15.5 Å². The highest BCUT2D eigenvalue weighted by atomic mass is 79.9. The average Bonchev–Trinajstić information content (AvgIpc) is 3.14. The summed E-state index contributed by atoms with van der Waals surface area (Å²) in [6, 6.07) is 10.7. The summed E-state index contributed by atoms with van der Waals surface area (Å²) in [5.74, 6) is 0.331. The van der Waals surface area contributed by atoms with Gasteiger partial charge in [0.15, 0.2) is 0 Å². The van der Waals surface area contributed by atoms with Crippen LogP contribution >= 0.6 is 15.9 Å². The van der Waals surface area contributed by atoms with E-state index in [1.165, 1.54) is 24.3 Å². The van der Waals surface area contributed by atoms with Crippen LogP contribution in [-0.4, -0.2) is 30.1 Å². The van der Waals surface area contributed by atoms with Gasteiger partial charge in [0, 0.05) is 30.0 Å². The van der Waals surface area contributed by atoms with Crippen LogP contribution in [0.25, 0.3) is 0 Å². The Hall–Kier alpha value is -2.45. The highest BCUT2D eigenvalue weighted by molar-refractivity contribution is 9.10. The second kappa shape index (κ2) is 8.29. The second-order valence-electron chi connectivity index (χ2n) is 5.85. The first kappa shape index (κ1) is 18.3. The van der Waals surface area contributed by atoms with E-state index in [0.29, 0.717) is 28.1 Å². The Morgan fingerprint density at radius 1 is 1.31 bits per heavy atom. The molecule has 3 rings (SSSR count). The van der Waals surface area contributed by atoms with Crippen LogP contribution in [0.1, 0.15) is 23.2 Å². The van der Waals surface area contributed by atoms with Crippen molar-refractivity contribution in [2.45, 2.75) is 18.9 Å². The molecular weight excluding hydrogens is 404 g/mol. The Morgan fingerprint density at radius 3 is 2.69 bits per heavy atom. The first-order chi connectivity index (χ1) is 12.5. The zero-order chi connectivity index (χ0) is 18.5. The minimum Gasteiger partial charge on any atom is -0.490 e. The maximum absolute atomic E-state index is 12.3. The molecule has 1 aliphatic rings. The first-order valence-corrected chi connectivity index (χ1v) is 8.92. The molecule has 8 heteroatoms. The van der Waals surface area contributed by atoms with Crippen molar-refractivity contribution in [3.63, 3.8) is 0 Å². The van der Waals surface area contributed by atoms with Gasteiger partial charge in [-0.3, -0.25) is 14.9 Å². The third kappa shape index (κ3) is 4.59. The average molecular weight is 421 g/mol. The molecule has 7 nitrogen and oxygen atoms in total. The minimum atomic E-state index is -0.488. The Kier molecular flexibility index (Phi) is 5.85. The molecule has 2 aromatic rings. The number of anilines is 1. The summed E-state index contributed by atoms with van der Waals surface area (Å²) in [6.45, 7) is 1.25. The number of hydrogen-bond acceptors (Lipinski definition) is 5. The fraction of sp³-hybridized carbons (Fsp3) is 0.278. The molecule has 26 heavy (non-hydrogen) atoms. The molecule has 1 aliphatic heterocycles. The van der Waals surface area contributed by atoms with Gasteiger partial charge < -0.3 is 14.8 Å². The van der Waals surface area contributed by atoms with Crippen molar-refractivity contribution >= 4 is 33.2 Å². The maximum atomic E-state index is 12.3. The van der Waals surface area contributed by atoms with E-state index in [0.717, 1.165) is 19.4 Å². The zero-order valence-electron chi connectivity index (χ0n) is 13.8. The number of nitrogens with one attached hydrogen (secondary N) is 1. The molecule has 1 unspecified atom stereocenters. The normalized spacial score (nSPS) is 16.3. The highest BCUT2D eigenvalue weighted by Crippen LogP contribution is 2.27. The first-order valence-electron chi connectivity index (χ1n) is 8.12. The van der Waals surface area contributed by atoms with Crippen molar-refractivity contribution in [2.24, 2.45) is 0 Å². The Morgan fingerprint density at radius 2 is 2.08 bits per heavy atom. The minimum absolute atomic E-state index is 0.0292. The summed E-state index contributed by atoms with van der Waals surface area (Å²) in [5.41, 5.74) is 0.897. The molecule has 1 saturated heterocycles. The number of carbonyl (C=O) groups is 1. The monoisotopic (exact) mass is 420 g/mol. The smallest absolute Gasteiger partial charge is 0.269 e. The van der Waals surface area contributed by atoms with Crippen LogP contribution in [0.5, 0.6) is 5.75 Å². The highest BCUT2D eigenvalue weighted by Gasteiger charge is 2.17. The molecule has 1 atom stereocenters. The molecule has 0 aromatic heterocycles. The fourth-order valence-corrected chi connectivity index (χ4v) is 3.08. The number of nitrogens with zero attached hydrogens (tertiary/aromatic N) is 1. The number of rotatable bonds is 6. The van der Waals surface area contributed by atoms with Gasteiger partial charge in [-0.25, -0.2) is 0 Å². The molecule has 1 N–H and O–H groups in total. The third-order valence-electron chi connectivity index (χ3n) is 3.98. The van der Waals surface area contributed by atoms with Crippen LogP contribution in [0.2, 0.25) is 0 Å². The molecule has 2 aromatic carbocycles. The van der Waals surface area contributed by atoms with Crippen molar-refractivity contribution in [3.8, 4) is 5.75 Å². The second-order valence-corrected chi connectivity index (χ2v) is 6.70. The van der Waals surface area contributed by atoms with E-state index in [-0.39, 0.29) is 17.7 Å². The van der Waals surface area contributed by atoms with Crippen molar-refractivity contribution in [1.29, 1.82) is 0 Å². The number of hydrogen-bond donors (Lipinski definition) is 1. The topological polar surface area (TPSA) is 90.7 Å². The molecular formula is C18H17BrN2O5. The van der Waals surface area contributed by atoms with E-state index in [9.17, 15) is 14.9 Å².